The van der Waals surface area contributed by atoms with Crippen LogP contribution in [-0.4, -0.2) is 5.16 Å². The predicted octanol–water partition coefficient (Wildman–Crippen LogP) is 3.29. The lowest BCUT2D eigenvalue weighted by atomic mass is 10.0. The Hall–Kier alpha value is -1.83. The van der Waals surface area contributed by atoms with Crippen molar-refractivity contribution in [2.24, 2.45) is 0 Å². The largest absolute Gasteiger partial charge is 0.356 e. The van der Waals surface area contributed by atoms with E-state index in [0.717, 1.165) is 11.0 Å². The third kappa shape index (κ3) is 0.880. The van der Waals surface area contributed by atoms with Crippen LogP contribution in [0.25, 0.3) is 21.7 Å². The van der Waals surface area contributed by atoms with Gasteiger partial charge in [0.05, 0.1) is 6.20 Å². The van der Waals surface area contributed by atoms with Crippen molar-refractivity contribution in [1.29, 1.82) is 0 Å². The molecule has 1 aromatic heterocycles. The van der Waals surface area contributed by atoms with Gasteiger partial charge in [-0.2, -0.15) is 0 Å². The molecule has 2 nitrogen and oxygen atoms in total. The van der Waals surface area contributed by atoms with Crippen LogP contribution < -0.4 is 0 Å². The first kappa shape index (κ1) is 7.56. The first-order valence-electron chi connectivity index (χ1n) is 4.59. The summed E-state index contributed by atoms with van der Waals surface area (Å²) in [6, 6.07) is 10.3. The topological polar surface area (TPSA) is 26.0 Å². The van der Waals surface area contributed by atoms with E-state index in [1.807, 2.05) is 6.07 Å². The minimum Gasteiger partial charge on any atom is -0.356 e. The summed E-state index contributed by atoms with van der Waals surface area (Å²) in [5, 5.41) is 7.39. The Morgan fingerprint density at radius 3 is 3.00 bits per heavy atom. The van der Waals surface area contributed by atoms with E-state index in [1.165, 1.54) is 16.3 Å². The molecule has 0 aliphatic rings. The molecule has 0 spiro atoms. The van der Waals surface area contributed by atoms with Crippen LogP contribution in [0.5, 0.6) is 0 Å². The molecule has 3 aromatic rings. The highest BCUT2D eigenvalue weighted by atomic mass is 16.5. The fourth-order valence-electron chi connectivity index (χ4n) is 1.92. The van der Waals surface area contributed by atoms with Crippen LogP contribution >= 0.6 is 0 Å². The minimum atomic E-state index is 0.854. The highest BCUT2D eigenvalue weighted by molar-refractivity contribution is 6.06. The molecule has 0 atom stereocenters. The van der Waals surface area contributed by atoms with Crippen molar-refractivity contribution >= 4 is 21.7 Å². The van der Waals surface area contributed by atoms with Crippen molar-refractivity contribution in [3.8, 4) is 0 Å². The monoisotopic (exact) mass is 183 g/mol. The SMILES string of the molecule is Cc1cccc2ccc3oncc3c12. The average Bonchev–Trinajstić information content (AvgIpc) is 2.65. The van der Waals surface area contributed by atoms with Crippen LogP contribution in [0.3, 0.4) is 0 Å². The summed E-state index contributed by atoms with van der Waals surface area (Å²) in [6.45, 7) is 2.11. The van der Waals surface area contributed by atoms with E-state index in [0.29, 0.717) is 0 Å². The van der Waals surface area contributed by atoms with E-state index >= 15 is 0 Å². The summed E-state index contributed by atoms with van der Waals surface area (Å²) in [4.78, 5) is 0. The highest BCUT2D eigenvalue weighted by Gasteiger charge is 2.05. The molecule has 0 bridgehead atoms. The van der Waals surface area contributed by atoms with Gasteiger partial charge in [-0.25, -0.2) is 0 Å². The van der Waals surface area contributed by atoms with Gasteiger partial charge in [0, 0.05) is 5.39 Å². The van der Waals surface area contributed by atoms with E-state index in [-0.39, 0.29) is 0 Å². The smallest absolute Gasteiger partial charge is 0.167 e. The number of fused-ring (bicyclic) bond motifs is 3. The maximum absolute atomic E-state index is 5.13. The minimum absolute atomic E-state index is 0.854. The Morgan fingerprint density at radius 2 is 2.07 bits per heavy atom. The molecule has 0 N–H and O–H groups in total. The summed E-state index contributed by atoms with van der Waals surface area (Å²) >= 11 is 0. The van der Waals surface area contributed by atoms with Crippen molar-refractivity contribution in [2.45, 2.75) is 6.92 Å². The van der Waals surface area contributed by atoms with Gasteiger partial charge in [0.25, 0.3) is 0 Å². The third-order valence-electron chi connectivity index (χ3n) is 2.59. The van der Waals surface area contributed by atoms with Crippen LogP contribution in [0.2, 0.25) is 0 Å². The van der Waals surface area contributed by atoms with Crippen molar-refractivity contribution in [1.82, 2.24) is 5.16 Å². The Bertz CT molecular complexity index is 610. The van der Waals surface area contributed by atoms with E-state index in [1.54, 1.807) is 6.20 Å². The maximum atomic E-state index is 5.13. The predicted molar refractivity (Wildman–Crippen MR) is 56.3 cm³/mol. The Morgan fingerprint density at radius 1 is 1.14 bits per heavy atom. The molecule has 0 saturated heterocycles. The van der Waals surface area contributed by atoms with Crippen LogP contribution in [-0.2, 0) is 0 Å². The zero-order valence-corrected chi connectivity index (χ0v) is 7.82. The zero-order chi connectivity index (χ0) is 9.54. The van der Waals surface area contributed by atoms with Crippen LogP contribution in [0.4, 0.5) is 0 Å². The molecule has 0 saturated carbocycles. The van der Waals surface area contributed by atoms with E-state index in [2.05, 4.69) is 36.3 Å². The summed E-state index contributed by atoms with van der Waals surface area (Å²) in [5.74, 6) is 0. The Kier molecular flexibility index (Phi) is 1.39. The van der Waals surface area contributed by atoms with Gasteiger partial charge in [0.1, 0.15) is 0 Å². The molecule has 2 heteroatoms. The highest BCUT2D eigenvalue weighted by Crippen LogP contribution is 2.27. The maximum Gasteiger partial charge on any atom is 0.167 e. The molecule has 0 amide bonds. The summed E-state index contributed by atoms with van der Waals surface area (Å²) < 4.78 is 5.13. The van der Waals surface area contributed by atoms with E-state index < -0.39 is 0 Å². The molecule has 68 valence electrons. The Labute approximate surface area is 81.1 Å². The second kappa shape index (κ2) is 2.58. The second-order valence-corrected chi connectivity index (χ2v) is 3.48. The number of rotatable bonds is 0. The van der Waals surface area contributed by atoms with Crippen molar-refractivity contribution < 1.29 is 4.52 Å². The fraction of sp³-hybridized carbons (Fsp3) is 0.0833. The van der Waals surface area contributed by atoms with Gasteiger partial charge in [-0.05, 0) is 29.3 Å². The van der Waals surface area contributed by atoms with Gasteiger partial charge in [0.15, 0.2) is 5.58 Å². The normalized spacial score (nSPS) is 11.2. The molecule has 0 aliphatic heterocycles. The standard InChI is InChI=1S/C12H9NO/c1-8-3-2-4-9-5-6-11-10(12(8)9)7-13-14-11/h2-7H,1H3. The molecule has 1 heterocycles. The molecule has 0 radical (unpaired) electrons. The second-order valence-electron chi connectivity index (χ2n) is 3.48. The Balaban J connectivity index is 2.67. The summed E-state index contributed by atoms with van der Waals surface area (Å²) in [7, 11) is 0. The first-order chi connectivity index (χ1) is 6.86. The zero-order valence-electron chi connectivity index (χ0n) is 7.82. The van der Waals surface area contributed by atoms with E-state index in [9.17, 15) is 0 Å². The van der Waals surface area contributed by atoms with Gasteiger partial charge in [-0.1, -0.05) is 29.4 Å². The number of hydrogen-bond acceptors (Lipinski definition) is 2. The van der Waals surface area contributed by atoms with Crippen molar-refractivity contribution in [2.75, 3.05) is 0 Å². The number of aromatic nitrogens is 1. The molecular weight excluding hydrogens is 174 g/mol. The van der Waals surface area contributed by atoms with E-state index in [4.69, 9.17) is 4.52 Å². The molecule has 3 rings (SSSR count). The van der Waals surface area contributed by atoms with Gasteiger partial charge in [-0.3, -0.25) is 0 Å². The summed E-state index contributed by atoms with van der Waals surface area (Å²) in [6.07, 6.45) is 1.78. The van der Waals surface area contributed by atoms with Gasteiger partial charge in [-0.15, -0.1) is 0 Å². The number of hydrogen-bond donors (Lipinski definition) is 0. The van der Waals surface area contributed by atoms with Crippen LogP contribution in [0.15, 0.2) is 41.1 Å². The number of aryl methyl sites for hydroxylation is 1. The van der Waals surface area contributed by atoms with Crippen molar-refractivity contribution in [3.05, 3.63) is 42.1 Å². The molecule has 0 aliphatic carbocycles. The lowest BCUT2D eigenvalue weighted by Crippen LogP contribution is -1.78. The number of benzene rings is 2. The van der Waals surface area contributed by atoms with Gasteiger partial charge in [0.2, 0.25) is 0 Å². The quantitative estimate of drug-likeness (QED) is 0.534. The van der Waals surface area contributed by atoms with Crippen LogP contribution in [0, 0.1) is 6.92 Å². The summed E-state index contributed by atoms with van der Waals surface area (Å²) in [5.41, 5.74) is 2.11. The van der Waals surface area contributed by atoms with Gasteiger partial charge >= 0.3 is 0 Å². The average molecular weight is 183 g/mol. The third-order valence-corrected chi connectivity index (χ3v) is 2.59. The first-order valence-corrected chi connectivity index (χ1v) is 4.59. The molecule has 2 aromatic carbocycles. The number of nitrogens with zero attached hydrogens (tertiary/aromatic N) is 1. The molecule has 0 fully saturated rings. The van der Waals surface area contributed by atoms with Crippen molar-refractivity contribution in [3.63, 3.8) is 0 Å². The van der Waals surface area contributed by atoms with Gasteiger partial charge < -0.3 is 4.52 Å². The lowest BCUT2D eigenvalue weighted by Gasteiger charge is -2.01. The molecule has 14 heavy (non-hydrogen) atoms. The molecule has 0 unspecified atom stereocenters. The molecular formula is C12H9NO. The lowest BCUT2D eigenvalue weighted by molar-refractivity contribution is 0.456. The fourth-order valence-corrected chi connectivity index (χ4v) is 1.92. The van der Waals surface area contributed by atoms with Crippen LogP contribution in [0.1, 0.15) is 5.56 Å².